The van der Waals surface area contributed by atoms with Crippen molar-refractivity contribution in [1.29, 1.82) is 0 Å². The van der Waals surface area contributed by atoms with E-state index in [0.29, 0.717) is 0 Å². The van der Waals surface area contributed by atoms with Crippen LogP contribution in [0.4, 0.5) is 0 Å². The molecule has 0 bridgehead atoms. The second-order valence-corrected chi connectivity index (χ2v) is 6.67. The zero-order valence-corrected chi connectivity index (χ0v) is 14.4. The number of rotatable bonds is 7. The Kier molecular flexibility index (Phi) is 6.91. The maximum Gasteiger partial charge on any atom is 0.0462 e. The number of nitrogens with one attached hydrogen (secondary N) is 1. The summed E-state index contributed by atoms with van der Waals surface area (Å²) in [6.07, 6.45) is 1.12. The van der Waals surface area contributed by atoms with Gasteiger partial charge in [0, 0.05) is 27.2 Å². The first-order valence-corrected chi connectivity index (χ1v) is 8.80. The zero-order valence-electron chi connectivity index (χ0n) is 12.0. The van der Waals surface area contributed by atoms with Crippen LogP contribution < -0.4 is 5.32 Å². The molecule has 0 saturated heterocycles. The summed E-state index contributed by atoms with van der Waals surface area (Å²) in [6.45, 7) is 3.98. The van der Waals surface area contributed by atoms with E-state index >= 15 is 0 Å². The Labute approximate surface area is 141 Å². The van der Waals surface area contributed by atoms with E-state index < -0.39 is 0 Å². The van der Waals surface area contributed by atoms with Crippen LogP contribution in [-0.2, 0) is 12.3 Å². The fraction of sp³-hybridized carbons (Fsp3) is 0.294. The Hall–Kier alpha value is -0.670. The Morgan fingerprint density at radius 1 is 1.05 bits per heavy atom. The predicted molar refractivity (Wildman–Crippen MR) is 94.5 cm³/mol. The van der Waals surface area contributed by atoms with Gasteiger partial charge in [-0.15, -0.1) is 11.8 Å². The second kappa shape index (κ2) is 8.70. The lowest BCUT2D eigenvalue weighted by molar-refractivity contribution is 0.669. The highest BCUT2D eigenvalue weighted by atomic mass is 35.5. The highest BCUT2D eigenvalue weighted by Gasteiger charge is 2.07. The lowest BCUT2D eigenvalue weighted by Gasteiger charge is -2.12. The molecule has 0 aromatic heterocycles. The topological polar surface area (TPSA) is 12.0 Å². The smallest absolute Gasteiger partial charge is 0.0462 e. The summed E-state index contributed by atoms with van der Waals surface area (Å²) >= 11 is 14.1. The largest absolute Gasteiger partial charge is 0.313 e. The molecule has 0 aliphatic rings. The summed E-state index contributed by atoms with van der Waals surface area (Å²) in [4.78, 5) is 1.24. The zero-order chi connectivity index (χ0) is 15.1. The first-order chi connectivity index (χ1) is 10.2. The van der Waals surface area contributed by atoms with Gasteiger partial charge in [0.15, 0.2) is 0 Å². The van der Waals surface area contributed by atoms with Gasteiger partial charge in [0.2, 0.25) is 0 Å². The Bertz CT molecular complexity index is 570. The van der Waals surface area contributed by atoms with Gasteiger partial charge in [0.25, 0.3) is 0 Å². The third-order valence-electron chi connectivity index (χ3n) is 3.11. The fourth-order valence-electron chi connectivity index (χ4n) is 1.98. The van der Waals surface area contributed by atoms with Gasteiger partial charge < -0.3 is 5.32 Å². The molecule has 2 aromatic rings. The van der Waals surface area contributed by atoms with E-state index in [1.54, 1.807) is 0 Å². The first kappa shape index (κ1) is 16.7. The van der Waals surface area contributed by atoms with Crippen molar-refractivity contribution >= 4 is 35.0 Å². The Morgan fingerprint density at radius 2 is 1.81 bits per heavy atom. The lowest BCUT2D eigenvalue weighted by atomic mass is 10.2. The monoisotopic (exact) mass is 339 g/mol. The highest BCUT2D eigenvalue weighted by Crippen LogP contribution is 2.31. The summed E-state index contributed by atoms with van der Waals surface area (Å²) < 4.78 is 0. The molecule has 0 radical (unpaired) electrons. The van der Waals surface area contributed by atoms with Crippen LogP contribution in [0.3, 0.4) is 0 Å². The van der Waals surface area contributed by atoms with Crippen molar-refractivity contribution in [3.05, 3.63) is 63.6 Å². The molecule has 1 nitrogen and oxygen atoms in total. The number of hydrogen-bond acceptors (Lipinski definition) is 2. The normalized spacial score (nSPS) is 10.8. The number of hydrogen-bond donors (Lipinski definition) is 1. The van der Waals surface area contributed by atoms with Gasteiger partial charge in [-0.05, 0) is 48.4 Å². The lowest BCUT2D eigenvalue weighted by Crippen LogP contribution is -2.14. The summed E-state index contributed by atoms with van der Waals surface area (Å²) in [7, 11) is 0. The molecule has 0 atom stereocenters. The molecule has 0 amide bonds. The quantitative estimate of drug-likeness (QED) is 0.506. The van der Waals surface area contributed by atoms with Crippen LogP contribution in [0.15, 0.2) is 47.4 Å². The predicted octanol–water partition coefficient (Wildman–Crippen LogP) is 5.79. The van der Waals surface area contributed by atoms with Crippen LogP contribution in [0.1, 0.15) is 24.5 Å². The molecule has 0 aliphatic heterocycles. The third kappa shape index (κ3) is 5.23. The molecular weight excluding hydrogens is 321 g/mol. The minimum Gasteiger partial charge on any atom is -0.313 e. The number of benzene rings is 2. The summed E-state index contributed by atoms with van der Waals surface area (Å²) in [6, 6.07) is 14.1. The Morgan fingerprint density at radius 3 is 2.52 bits per heavy atom. The molecule has 0 heterocycles. The molecule has 4 heteroatoms. The third-order valence-corrected chi connectivity index (χ3v) is 4.89. The average Bonchev–Trinajstić information content (AvgIpc) is 2.49. The van der Waals surface area contributed by atoms with Crippen LogP contribution in [0.25, 0.3) is 0 Å². The van der Waals surface area contributed by atoms with E-state index in [4.69, 9.17) is 23.2 Å². The molecule has 2 aromatic carbocycles. The first-order valence-electron chi connectivity index (χ1n) is 7.06. The van der Waals surface area contributed by atoms with Crippen molar-refractivity contribution < 1.29 is 0 Å². The van der Waals surface area contributed by atoms with Gasteiger partial charge in [-0.1, -0.05) is 48.3 Å². The maximum absolute atomic E-state index is 6.34. The van der Waals surface area contributed by atoms with Gasteiger partial charge in [0.1, 0.15) is 0 Å². The second-order valence-electron chi connectivity index (χ2n) is 4.81. The van der Waals surface area contributed by atoms with Crippen LogP contribution in [0.5, 0.6) is 0 Å². The van der Waals surface area contributed by atoms with Gasteiger partial charge in [-0.3, -0.25) is 0 Å². The van der Waals surface area contributed by atoms with E-state index in [-0.39, 0.29) is 0 Å². The van der Waals surface area contributed by atoms with Gasteiger partial charge in [-0.25, -0.2) is 0 Å². The van der Waals surface area contributed by atoms with E-state index in [0.717, 1.165) is 35.3 Å². The van der Waals surface area contributed by atoms with E-state index in [2.05, 4.69) is 30.4 Å². The summed E-state index contributed by atoms with van der Waals surface area (Å²) in [5, 5.41) is 5.03. The van der Waals surface area contributed by atoms with Crippen LogP contribution >= 0.6 is 35.0 Å². The minimum absolute atomic E-state index is 0.774. The number of halogens is 2. The van der Waals surface area contributed by atoms with Crippen molar-refractivity contribution in [3.63, 3.8) is 0 Å². The van der Waals surface area contributed by atoms with E-state index in [1.807, 2.05) is 36.0 Å². The molecule has 21 heavy (non-hydrogen) atoms. The van der Waals surface area contributed by atoms with Gasteiger partial charge in [-0.2, -0.15) is 0 Å². The molecule has 112 valence electrons. The molecular formula is C17H19Cl2NS. The van der Waals surface area contributed by atoms with Crippen LogP contribution in [0.2, 0.25) is 10.0 Å². The molecule has 0 aliphatic carbocycles. The fourth-order valence-corrected chi connectivity index (χ4v) is 3.45. The molecule has 0 spiro atoms. The van der Waals surface area contributed by atoms with Gasteiger partial charge in [0.05, 0.1) is 0 Å². The summed E-state index contributed by atoms with van der Waals surface area (Å²) in [5.41, 5.74) is 2.45. The molecule has 0 saturated carbocycles. The summed E-state index contributed by atoms with van der Waals surface area (Å²) in [5.74, 6) is 0.915. The molecule has 0 unspecified atom stereocenters. The number of thioether (sulfide) groups is 1. The van der Waals surface area contributed by atoms with Crippen LogP contribution in [-0.4, -0.2) is 6.54 Å². The molecule has 2 rings (SSSR count). The van der Waals surface area contributed by atoms with Crippen molar-refractivity contribution in [2.45, 2.75) is 30.5 Å². The maximum atomic E-state index is 6.34. The SMILES string of the molecule is CCCNCc1c(Cl)cccc1SCc1ccc(Cl)cc1. The average molecular weight is 340 g/mol. The van der Waals surface area contributed by atoms with Crippen LogP contribution in [0, 0.1) is 0 Å². The van der Waals surface area contributed by atoms with Crippen molar-refractivity contribution in [2.75, 3.05) is 6.54 Å². The molecule has 0 fully saturated rings. The van der Waals surface area contributed by atoms with E-state index in [9.17, 15) is 0 Å². The Balaban J connectivity index is 2.04. The van der Waals surface area contributed by atoms with E-state index in [1.165, 1.54) is 16.0 Å². The minimum atomic E-state index is 0.774. The molecule has 1 N–H and O–H groups in total. The standard InChI is InChI=1S/C17H19Cl2NS/c1-2-10-20-11-15-16(19)4-3-5-17(15)21-12-13-6-8-14(18)9-7-13/h3-9,20H,2,10-12H2,1H3. The van der Waals surface area contributed by atoms with Gasteiger partial charge >= 0.3 is 0 Å². The van der Waals surface area contributed by atoms with Crippen molar-refractivity contribution in [3.8, 4) is 0 Å². The van der Waals surface area contributed by atoms with Crippen molar-refractivity contribution in [2.24, 2.45) is 0 Å². The highest BCUT2D eigenvalue weighted by molar-refractivity contribution is 7.98. The van der Waals surface area contributed by atoms with Crippen molar-refractivity contribution in [1.82, 2.24) is 5.32 Å².